The molecule has 2 heteroatoms. The lowest BCUT2D eigenvalue weighted by Gasteiger charge is -2.31. The van der Waals surface area contributed by atoms with E-state index >= 15 is 0 Å². The summed E-state index contributed by atoms with van der Waals surface area (Å²) in [5.41, 5.74) is 6.39. The van der Waals surface area contributed by atoms with Gasteiger partial charge in [-0.05, 0) is 61.3 Å². The number of benzene rings is 1. The van der Waals surface area contributed by atoms with Crippen LogP contribution in [0.25, 0.3) is 0 Å². The third-order valence-electron chi connectivity index (χ3n) is 5.51. The summed E-state index contributed by atoms with van der Waals surface area (Å²) in [7, 11) is 0. The average Bonchev–Trinajstić information content (AvgIpc) is 3.07. The molecule has 0 radical (unpaired) electrons. The van der Waals surface area contributed by atoms with Gasteiger partial charge in [-0.15, -0.1) is 0 Å². The second kappa shape index (κ2) is 7.77. The van der Waals surface area contributed by atoms with Crippen LogP contribution >= 0.6 is 0 Å². The second-order valence-corrected chi connectivity index (χ2v) is 7.23. The van der Waals surface area contributed by atoms with E-state index in [2.05, 4.69) is 70.6 Å². The maximum atomic E-state index is 2.61. The summed E-state index contributed by atoms with van der Waals surface area (Å²) in [4.78, 5) is 5.02. The van der Waals surface area contributed by atoms with E-state index < -0.39 is 0 Å². The molecule has 0 fully saturated rings. The number of allylic oxidation sites excluding steroid dienone is 5. The van der Waals surface area contributed by atoms with Gasteiger partial charge in [-0.3, -0.25) is 0 Å². The van der Waals surface area contributed by atoms with E-state index in [0.29, 0.717) is 0 Å². The van der Waals surface area contributed by atoms with Crippen molar-refractivity contribution in [3.63, 3.8) is 0 Å². The first-order valence-corrected chi connectivity index (χ1v) is 9.68. The zero-order valence-electron chi connectivity index (χ0n) is 15.0. The summed E-state index contributed by atoms with van der Waals surface area (Å²) in [6.45, 7) is 3.26. The van der Waals surface area contributed by atoms with Crippen molar-refractivity contribution < 1.29 is 0 Å². The molecule has 0 amide bonds. The normalized spacial score (nSPS) is 19.4. The molecule has 2 nitrogen and oxygen atoms in total. The summed E-state index contributed by atoms with van der Waals surface area (Å²) >= 11 is 0. The Morgan fingerprint density at radius 1 is 0.960 bits per heavy atom. The first kappa shape index (κ1) is 16.3. The summed E-state index contributed by atoms with van der Waals surface area (Å²) in [5, 5.41) is 0. The van der Waals surface area contributed by atoms with E-state index in [1.165, 1.54) is 50.6 Å². The smallest absolute Gasteiger partial charge is 0.0898 e. The highest BCUT2D eigenvalue weighted by Crippen LogP contribution is 2.37. The van der Waals surface area contributed by atoms with Crippen LogP contribution in [0.15, 0.2) is 77.7 Å². The standard InChI is InChI=1S/C23H28N2/c1-3-9-20(10-4-1)11-7-12-21-13-8-14-23-22(21)15-18-25(23)19-24-16-5-2-6-17-24/h1-6,9-10,13,16H,7-8,11-12,14-15,17-19H2. The summed E-state index contributed by atoms with van der Waals surface area (Å²) in [5.74, 6) is 0. The third-order valence-corrected chi connectivity index (χ3v) is 5.51. The predicted molar refractivity (Wildman–Crippen MR) is 105 cm³/mol. The van der Waals surface area contributed by atoms with Gasteiger partial charge in [-0.1, -0.05) is 48.6 Å². The van der Waals surface area contributed by atoms with Crippen molar-refractivity contribution >= 4 is 0 Å². The molecule has 4 rings (SSSR count). The molecule has 1 aromatic carbocycles. The Morgan fingerprint density at radius 3 is 2.72 bits per heavy atom. The molecule has 0 spiro atoms. The number of nitrogens with zero attached hydrogens (tertiary/aromatic N) is 2. The zero-order chi connectivity index (χ0) is 16.9. The van der Waals surface area contributed by atoms with Gasteiger partial charge in [0.15, 0.2) is 0 Å². The van der Waals surface area contributed by atoms with Crippen LogP contribution in [-0.4, -0.2) is 29.6 Å². The van der Waals surface area contributed by atoms with Crippen molar-refractivity contribution in [2.24, 2.45) is 0 Å². The lowest BCUT2D eigenvalue weighted by atomic mass is 9.91. The van der Waals surface area contributed by atoms with Crippen LogP contribution in [0.5, 0.6) is 0 Å². The highest BCUT2D eigenvalue weighted by atomic mass is 15.3. The van der Waals surface area contributed by atoms with Crippen LogP contribution in [0.3, 0.4) is 0 Å². The monoisotopic (exact) mass is 332 g/mol. The molecule has 25 heavy (non-hydrogen) atoms. The molecule has 0 saturated heterocycles. The van der Waals surface area contributed by atoms with E-state index in [-0.39, 0.29) is 0 Å². The molecule has 0 atom stereocenters. The van der Waals surface area contributed by atoms with Gasteiger partial charge in [0.2, 0.25) is 0 Å². The van der Waals surface area contributed by atoms with Gasteiger partial charge in [0.1, 0.15) is 0 Å². The van der Waals surface area contributed by atoms with Crippen LogP contribution in [0.1, 0.15) is 37.7 Å². The summed E-state index contributed by atoms with van der Waals surface area (Å²) in [6.07, 6.45) is 18.6. The second-order valence-electron chi connectivity index (χ2n) is 7.23. The SMILES string of the molecule is C1=CCN(CN2CCC3=C2CCC=C3CCCc2ccccc2)C=C1. The van der Waals surface area contributed by atoms with Gasteiger partial charge >= 0.3 is 0 Å². The van der Waals surface area contributed by atoms with Crippen molar-refractivity contribution in [3.05, 3.63) is 83.2 Å². The van der Waals surface area contributed by atoms with E-state index in [4.69, 9.17) is 0 Å². The van der Waals surface area contributed by atoms with E-state index in [9.17, 15) is 0 Å². The van der Waals surface area contributed by atoms with Crippen LogP contribution in [0.4, 0.5) is 0 Å². The van der Waals surface area contributed by atoms with E-state index in [0.717, 1.165) is 13.2 Å². The maximum Gasteiger partial charge on any atom is 0.0898 e. The van der Waals surface area contributed by atoms with Crippen molar-refractivity contribution in [2.75, 3.05) is 19.8 Å². The van der Waals surface area contributed by atoms with Gasteiger partial charge in [-0.25, -0.2) is 0 Å². The van der Waals surface area contributed by atoms with Crippen molar-refractivity contribution in [3.8, 4) is 0 Å². The zero-order valence-corrected chi connectivity index (χ0v) is 15.0. The molecule has 2 heterocycles. The lowest BCUT2D eigenvalue weighted by molar-refractivity contribution is 0.231. The Balaban J connectivity index is 1.36. The molecule has 0 unspecified atom stereocenters. The molecular weight excluding hydrogens is 304 g/mol. The van der Waals surface area contributed by atoms with E-state index in [1.54, 1.807) is 16.8 Å². The molecular formula is C23H28N2. The average molecular weight is 332 g/mol. The lowest BCUT2D eigenvalue weighted by Crippen LogP contribution is -2.34. The highest BCUT2D eigenvalue weighted by molar-refractivity contribution is 5.41. The van der Waals surface area contributed by atoms with Gasteiger partial charge in [0, 0.05) is 25.0 Å². The highest BCUT2D eigenvalue weighted by Gasteiger charge is 2.26. The molecule has 2 aliphatic heterocycles. The molecule has 0 N–H and O–H groups in total. The Kier molecular flexibility index (Phi) is 5.06. The van der Waals surface area contributed by atoms with Crippen molar-refractivity contribution in [2.45, 2.75) is 38.5 Å². The molecule has 3 aliphatic rings. The minimum Gasteiger partial charge on any atom is -0.357 e. The van der Waals surface area contributed by atoms with Crippen LogP contribution in [-0.2, 0) is 6.42 Å². The minimum absolute atomic E-state index is 1.04. The number of rotatable bonds is 6. The largest absolute Gasteiger partial charge is 0.357 e. The van der Waals surface area contributed by atoms with Crippen LogP contribution < -0.4 is 0 Å². The van der Waals surface area contributed by atoms with E-state index in [1.807, 2.05) is 0 Å². The predicted octanol–water partition coefficient (Wildman–Crippen LogP) is 5.03. The fourth-order valence-corrected chi connectivity index (χ4v) is 4.25. The van der Waals surface area contributed by atoms with Crippen molar-refractivity contribution in [1.29, 1.82) is 0 Å². The Morgan fingerprint density at radius 2 is 1.88 bits per heavy atom. The van der Waals surface area contributed by atoms with Gasteiger partial charge in [0.25, 0.3) is 0 Å². The Hall–Kier alpha value is -2.22. The van der Waals surface area contributed by atoms with Crippen LogP contribution in [0.2, 0.25) is 0 Å². The Bertz CT molecular complexity index is 709. The quantitative estimate of drug-likeness (QED) is 0.721. The van der Waals surface area contributed by atoms with Gasteiger partial charge in [-0.2, -0.15) is 0 Å². The third kappa shape index (κ3) is 3.89. The first-order valence-electron chi connectivity index (χ1n) is 9.68. The topological polar surface area (TPSA) is 6.48 Å². The Labute approximate surface area is 151 Å². The van der Waals surface area contributed by atoms with Crippen LogP contribution in [0, 0.1) is 0 Å². The molecule has 0 saturated carbocycles. The summed E-state index contributed by atoms with van der Waals surface area (Å²) < 4.78 is 0. The van der Waals surface area contributed by atoms with Gasteiger partial charge < -0.3 is 9.80 Å². The number of hydrogen-bond donors (Lipinski definition) is 0. The molecule has 0 aromatic heterocycles. The first-order chi connectivity index (χ1) is 12.4. The molecule has 1 aromatic rings. The number of aryl methyl sites for hydroxylation is 1. The van der Waals surface area contributed by atoms with Gasteiger partial charge in [0.05, 0.1) is 6.67 Å². The maximum absolute atomic E-state index is 2.61. The molecule has 130 valence electrons. The molecule has 1 aliphatic carbocycles. The van der Waals surface area contributed by atoms with Crippen molar-refractivity contribution in [1.82, 2.24) is 9.80 Å². The minimum atomic E-state index is 1.04. The summed E-state index contributed by atoms with van der Waals surface area (Å²) in [6, 6.07) is 10.9. The molecule has 0 bridgehead atoms. The fourth-order valence-electron chi connectivity index (χ4n) is 4.25. The number of hydrogen-bond acceptors (Lipinski definition) is 2. The fraction of sp³-hybridized carbons (Fsp3) is 0.391.